The van der Waals surface area contributed by atoms with E-state index in [-0.39, 0.29) is 17.3 Å². The Hall–Kier alpha value is -1.18. The van der Waals surface area contributed by atoms with Crippen molar-refractivity contribution in [2.45, 2.75) is 24.3 Å². The monoisotopic (exact) mass is 259 g/mol. The third kappa shape index (κ3) is 3.65. The molecule has 6 nitrogen and oxygen atoms in total. The zero-order chi connectivity index (χ0) is 13.3. The largest absolute Gasteiger partial charge is 0.389 e. The Kier molecular flexibility index (Phi) is 3.75. The van der Waals surface area contributed by atoms with Gasteiger partial charge in [-0.3, -0.25) is 0 Å². The van der Waals surface area contributed by atoms with Gasteiger partial charge < -0.3 is 10.8 Å². The summed E-state index contributed by atoms with van der Waals surface area (Å²) in [5.74, 6) is 0.141. The van der Waals surface area contributed by atoms with Crippen LogP contribution in [0.3, 0.4) is 0 Å². The molecule has 0 saturated heterocycles. The van der Waals surface area contributed by atoms with Crippen molar-refractivity contribution >= 4 is 15.8 Å². The van der Waals surface area contributed by atoms with Gasteiger partial charge in [0, 0.05) is 25.9 Å². The van der Waals surface area contributed by atoms with E-state index in [2.05, 4.69) is 4.98 Å². The standard InChI is InChI=1S/C10H17N3O3S/c1-10(2,14)7-13(3)17(15,16)8-4-5-12-9(11)6-8/h4-6,14H,7H2,1-3H3,(H2,11,12). The molecule has 0 spiro atoms. The van der Waals surface area contributed by atoms with Crippen LogP contribution in [0.15, 0.2) is 23.2 Å². The second kappa shape index (κ2) is 4.59. The van der Waals surface area contributed by atoms with Crippen LogP contribution in [0.5, 0.6) is 0 Å². The van der Waals surface area contributed by atoms with Gasteiger partial charge in [0.05, 0.1) is 10.5 Å². The summed E-state index contributed by atoms with van der Waals surface area (Å²) in [4.78, 5) is 3.80. The van der Waals surface area contributed by atoms with Gasteiger partial charge in [-0.1, -0.05) is 0 Å². The minimum atomic E-state index is -3.64. The average molecular weight is 259 g/mol. The van der Waals surface area contributed by atoms with Gasteiger partial charge in [-0.2, -0.15) is 4.31 Å². The first kappa shape index (κ1) is 13.9. The molecule has 0 aliphatic carbocycles. The average Bonchev–Trinajstić information content (AvgIpc) is 2.15. The fourth-order valence-corrected chi connectivity index (χ4v) is 2.75. The van der Waals surface area contributed by atoms with Crippen molar-refractivity contribution in [2.75, 3.05) is 19.3 Å². The Labute approximate surface area is 101 Å². The van der Waals surface area contributed by atoms with Crippen LogP contribution in [0.25, 0.3) is 0 Å². The quantitative estimate of drug-likeness (QED) is 0.796. The summed E-state index contributed by atoms with van der Waals surface area (Å²) in [5.41, 5.74) is 4.34. The molecule has 0 saturated carbocycles. The van der Waals surface area contributed by atoms with Gasteiger partial charge >= 0.3 is 0 Å². The fourth-order valence-electron chi connectivity index (χ4n) is 1.40. The molecule has 0 amide bonds. The van der Waals surface area contributed by atoms with Gasteiger partial charge in [0.2, 0.25) is 10.0 Å². The molecule has 0 aromatic carbocycles. The third-order valence-corrected chi connectivity index (χ3v) is 3.87. The summed E-state index contributed by atoms with van der Waals surface area (Å²) >= 11 is 0. The number of aliphatic hydroxyl groups is 1. The van der Waals surface area contributed by atoms with Gasteiger partial charge in [-0.05, 0) is 19.9 Å². The van der Waals surface area contributed by atoms with Crippen LogP contribution in [0.2, 0.25) is 0 Å². The highest BCUT2D eigenvalue weighted by atomic mass is 32.2. The van der Waals surface area contributed by atoms with Crippen molar-refractivity contribution in [3.8, 4) is 0 Å². The molecule has 1 aromatic rings. The maximum Gasteiger partial charge on any atom is 0.243 e. The van der Waals surface area contributed by atoms with Crippen molar-refractivity contribution in [2.24, 2.45) is 0 Å². The summed E-state index contributed by atoms with van der Waals surface area (Å²) < 4.78 is 25.3. The normalized spacial score (nSPS) is 13.0. The molecule has 17 heavy (non-hydrogen) atoms. The molecule has 1 aromatic heterocycles. The van der Waals surface area contributed by atoms with Crippen LogP contribution in [-0.4, -0.2) is 42.0 Å². The summed E-state index contributed by atoms with van der Waals surface area (Å²) in [6.45, 7) is 3.08. The molecule has 0 bridgehead atoms. The minimum absolute atomic E-state index is 0.00242. The molecule has 1 rings (SSSR count). The van der Waals surface area contributed by atoms with E-state index in [1.807, 2.05) is 0 Å². The predicted molar refractivity (Wildman–Crippen MR) is 64.8 cm³/mol. The number of nitrogens with zero attached hydrogens (tertiary/aromatic N) is 2. The molecule has 0 atom stereocenters. The number of pyridine rings is 1. The van der Waals surface area contributed by atoms with Crippen LogP contribution in [0.1, 0.15) is 13.8 Å². The summed E-state index contributed by atoms with van der Waals surface area (Å²) in [5, 5.41) is 9.61. The molecular formula is C10H17N3O3S. The number of rotatable bonds is 4. The van der Waals surface area contributed by atoms with Gasteiger partial charge in [0.25, 0.3) is 0 Å². The molecular weight excluding hydrogens is 242 g/mol. The Morgan fingerprint density at radius 2 is 2.12 bits per heavy atom. The Morgan fingerprint density at radius 3 is 2.59 bits per heavy atom. The first-order chi connectivity index (χ1) is 7.63. The number of nitrogens with two attached hydrogens (primary N) is 1. The van der Waals surface area contributed by atoms with Crippen molar-refractivity contribution in [3.05, 3.63) is 18.3 Å². The van der Waals surface area contributed by atoms with Crippen molar-refractivity contribution < 1.29 is 13.5 Å². The van der Waals surface area contributed by atoms with Crippen LogP contribution in [-0.2, 0) is 10.0 Å². The van der Waals surface area contributed by atoms with E-state index in [1.54, 1.807) is 13.8 Å². The number of hydrogen-bond donors (Lipinski definition) is 2. The first-order valence-electron chi connectivity index (χ1n) is 5.03. The van der Waals surface area contributed by atoms with E-state index >= 15 is 0 Å². The van der Waals surface area contributed by atoms with Crippen LogP contribution in [0, 0.1) is 0 Å². The lowest BCUT2D eigenvalue weighted by Crippen LogP contribution is -2.39. The number of likely N-dealkylation sites (N-methyl/N-ethyl adjacent to an activating group) is 1. The number of anilines is 1. The zero-order valence-electron chi connectivity index (χ0n) is 10.1. The fraction of sp³-hybridized carbons (Fsp3) is 0.500. The Bertz CT molecular complexity index is 494. The topological polar surface area (TPSA) is 96.5 Å². The molecule has 3 N–H and O–H groups in total. The number of sulfonamides is 1. The Morgan fingerprint density at radius 1 is 1.53 bits per heavy atom. The van der Waals surface area contributed by atoms with E-state index in [1.165, 1.54) is 25.4 Å². The molecule has 0 aliphatic rings. The van der Waals surface area contributed by atoms with E-state index in [0.29, 0.717) is 0 Å². The minimum Gasteiger partial charge on any atom is -0.389 e. The Balaban J connectivity index is 3.04. The highest BCUT2D eigenvalue weighted by molar-refractivity contribution is 7.89. The molecule has 0 fully saturated rings. The lowest BCUT2D eigenvalue weighted by atomic mass is 10.1. The van der Waals surface area contributed by atoms with Gasteiger partial charge in [-0.15, -0.1) is 0 Å². The molecule has 0 aliphatic heterocycles. The molecule has 1 heterocycles. The van der Waals surface area contributed by atoms with Crippen LogP contribution in [0.4, 0.5) is 5.82 Å². The number of aromatic nitrogens is 1. The lowest BCUT2D eigenvalue weighted by Gasteiger charge is -2.25. The van der Waals surface area contributed by atoms with E-state index in [0.717, 1.165) is 4.31 Å². The third-order valence-electron chi connectivity index (χ3n) is 2.07. The maximum atomic E-state index is 12.1. The van der Waals surface area contributed by atoms with Gasteiger partial charge in [0.1, 0.15) is 5.82 Å². The first-order valence-corrected chi connectivity index (χ1v) is 6.47. The SMILES string of the molecule is CN(CC(C)(C)O)S(=O)(=O)c1ccnc(N)c1. The number of hydrogen-bond acceptors (Lipinski definition) is 5. The van der Waals surface area contributed by atoms with E-state index < -0.39 is 15.6 Å². The molecule has 0 radical (unpaired) electrons. The lowest BCUT2D eigenvalue weighted by molar-refractivity contribution is 0.0640. The predicted octanol–water partition coefficient (Wildman–Crippen LogP) is 0.0552. The van der Waals surface area contributed by atoms with Crippen molar-refractivity contribution in [1.82, 2.24) is 9.29 Å². The van der Waals surface area contributed by atoms with Gasteiger partial charge in [0.15, 0.2) is 0 Å². The van der Waals surface area contributed by atoms with E-state index in [4.69, 9.17) is 5.73 Å². The maximum absolute atomic E-state index is 12.1. The van der Waals surface area contributed by atoms with Gasteiger partial charge in [-0.25, -0.2) is 13.4 Å². The second-order valence-corrected chi connectivity index (χ2v) is 6.53. The summed E-state index contributed by atoms with van der Waals surface area (Å²) in [6, 6.07) is 2.66. The number of nitrogen functional groups attached to an aromatic ring is 1. The zero-order valence-corrected chi connectivity index (χ0v) is 10.9. The van der Waals surface area contributed by atoms with Crippen molar-refractivity contribution in [3.63, 3.8) is 0 Å². The van der Waals surface area contributed by atoms with E-state index in [9.17, 15) is 13.5 Å². The second-order valence-electron chi connectivity index (χ2n) is 4.49. The highest BCUT2D eigenvalue weighted by Gasteiger charge is 2.26. The van der Waals surface area contributed by atoms with Crippen LogP contribution < -0.4 is 5.73 Å². The van der Waals surface area contributed by atoms with Crippen LogP contribution >= 0.6 is 0 Å². The smallest absolute Gasteiger partial charge is 0.243 e. The molecule has 96 valence electrons. The molecule has 0 unspecified atom stereocenters. The summed E-state index contributed by atoms with van der Waals surface area (Å²) in [7, 11) is -2.23. The molecule has 7 heteroatoms. The summed E-state index contributed by atoms with van der Waals surface area (Å²) in [6.07, 6.45) is 1.33. The van der Waals surface area contributed by atoms with Crippen molar-refractivity contribution in [1.29, 1.82) is 0 Å². The highest BCUT2D eigenvalue weighted by Crippen LogP contribution is 2.17.